The summed E-state index contributed by atoms with van der Waals surface area (Å²) >= 11 is 6.00. The fourth-order valence-corrected chi connectivity index (χ4v) is 4.40. The van der Waals surface area contributed by atoms with Gasteiger partial charge in [0.05, 0.1) is 6.20 Å². The lowest BCUT2D eigenvalue weighted by Gasteiger charge is -2.31. The van der Waals surface area contributed by atoms with Crippen LogP contribution in [0.1, 0.15) is 33.6 Å². The highest BCUT2D eigenvalue weighted by molar-refractivity contribution is 6.18. The molecule has 3 aromatic rings. The maximum Gasteiger partial charge on any atom is 0.416 e. The maximum atomic E-state index is 13.2. The molecule has 0 aliphatic carbocycles. The van der Waals surface area contributed by atoms with Crippen LogP contribution in [0.5, 0.6) is 5.75 Å². The molecule has 0 radical (unpaired) electrons. The van der Waals surface area contributed by atoms with Gasteiger partial charge >= 0.3 is 6.09 Å². The molecule has 4 rings (SSSR count). The van der Waals surface area contributed by atoms with Crippen molar-refractivity contribution in [3.05, 3.63) is 42.7 Å². The molecule has 0 bridgehead atoms. The van der Waals surface area contributed by atoms with E-state index in [1.165, 1.54) is 0 Å². The average Bonchev–Trinajstić information content (AvgIpc) is 3.37. The first-order valence-electron chi connectivity index (χ1n) is 11.2. The number of benzene rings is 1. The van der Waals surface area contributed by atoms with Crippen molar-refractivity contribution in [1.29, 1.82) is 0 Å². The number of amides is 1. The van der Waals surface area contributed by atoms with Crippen LogP contribution in [0, 0.1) is 0 Å². The van der Waals surface area contributed by atoms with Gasteiger partial charge in [0.15, 0.2) is 5.65 Å². The molecule has 176 valence electrons. The van der Waals surface area contributed by atoms with Gasteiger partial charge in [0.2, 0.25) is 0 Å². The zero-order valence-electron chi connectivity index (χ0n) is 19.2. The summed E-state index contributed by atoms with van der Waals surface area (Å²) in [5.41, 5.74) is 1.52. The van der Waals surface area contributed by atoms with Crippen molar-refractivity contribution in [3.63, 3.8) is 0 Å². The fourth-order valence-electron chi connectivity index (χ4n) is 4.18. The standard InChI is InChI=1S/C24H30ClN5O3/c1-24(2,3)33-23(32)29(16-18-7-5-11-28(18)13-10-25)21-9-12-30-22(27-21)20(15-26-30)17-6-4-8-19(31)14-17/h4,6,8-9,12,14-15,18,31H,5,7,10-11,13,16H2,1-3H3. The van der Waals surface area contributed by atoms with Crippen molar-refractivity contribution in [2.24, 2.45) is 0 Å². The van der Waals surface area contributed by atoms with Crippen molar-refractivity contribution < 1.29 is 14.6 Å². The first-order chi connectivity index (χ1) is 15.7. The lowest BCUT2D eigenvalue weighted by Crippen LogP contribution is -2.46. The minimum absolute atomic E-state index is 0.166. The number of alkyl halides is 1. The van der Waals surface area contributed by atoms with Crippen LogP contribution in [-0.4, -0.2) is 67.9 Å². The molecule has 0 spiro atoms. The Morgan fingerprint density at radius 1 is 1.33 bits per heavy atom. The van der Waals surface area contributed by atoms with Crippen LogP contribution in [0.25, 0.3) is 16.8 Å². The van der Waals surface area contributed by atoms with Gasteiger partial charge in [0.25, 0.3) is 0 Å². The van der Waals surface area contributed by atoms with Gasteiger partial charge in [-0.05, 0) is 63.9 Å². The number of nitrogens with zero attached hydrogens (tertiary/aromatic N) is 5. The number of anilines is 1. The number of aromatic hydroxyl groups is 1. The number of hydrogen-bond acceptors (Lipinski definition) is 6. The number of ether oxygens (including phenoxy) is 1. The number of fused-ring (bicyclic) bond motifs is 1. The van der Waals surface area contributed by atoms with E-state index in [-0.39, 0.29) is 11.8 Å². The number of aromatic nitrogens is 3. The molecule has 1 saturated heterocycles. The second kappa shape index (κ2) is 9.57. The minimum Gasteiger partial charge on any atom is -0.508 e. The quantitative estimate of drug-likeness (QED) is 0.531. The first kappa shape index (κ1) is 23.3. The van der Waals surface area contributed by atoms with Crippen LogP contribution in [0.3, 0.4) is 0 Å². The smallest absolute Gasteiger partial charge is 0.416 e. The van der Waals surface area contributed by atoms with Crippen LogP contribution in [0.4, 0.5) is 10.6 Å². The third kappa shape index (κ3) is 5.39. The Hall–Kier alpha value is -2.84. The number of hydrogen-bond donors (Lipinski definition) is 1. The molecular formula is C24H30ClN5O3. The number of phenolic OH excluding ortho intramolecular Hbond substituents is 1. The first-order valence-corrected chi connectivity index (χ1v) is 11.7. The SMILES string of the molecule is CC(C)(C)OC(=O)N(CC1CCCN1CCCl)c1ccn2ncc(-c3cccc(O)c3)c2n1. The predicted octanol–water partition coefficient (Wildman–Crippen LogP) is 4.55. The van der Waals surface area contributed by atoms with Gasteiger partial charge in [0.1, 0.15) is 17.2 Å². The Labute approximate surface area is 198 Å². The Balaban J connectivity index is 1.71. The molecule has 33 heavy (non-hydrogen) atoms. The Morgan fingerprint density at radius 2 is 2.15 bits per heavy atom. The maximum absolute atomic E-state index is 13.2. The number of carbonyl (C=O) groups is 1. The molecule has 1 unspecified atom stereocenters. The zero-order chi connectivity index (χ0) is 23.6. The minimum atomic E-state index is -0.631. The van der Waals surface area contributed by atoms with E-state index >= 15 is 0 Å². The Kier molecular flexibility index (Phi) is 6.76. The van der Waals surface area contributed by atoms with Crippen molar-refractivity contribution >= 4 is 29.2 Å². The molecular weight excluding hydrogens is 442 g/mol. The number of carbonyl (C=O) groups excluding carboxylic acids is 1. The van der Waals surface area contributed by atoms with Gasteiger partial charge < -0.3 is 9.84 Å². The van der Waals surface area contributed by atoms with E-state index in [0.717, 1.165) is 37.1 Å². The average molecular weight is 472 g/mol. The van der Waals surface area contributed by atoms with E-state index in [9.17, 15) is 9.90 Å². The van der Waals surface area contributed by atoms with Crippen molar-refractivity contribution in [3.8, 4) is 16.9 Å². The number of phenols is 1. The van der Waals surface area contributed by atoms with Crippen molar-refractivity contribution in [1.82, 2.24) is 19.5 Å². The lowest BCUT2D eigenvalue weighted by atomic mass is 10.1. The topological polar surface area (TPSA) is 83.2 Å². The van der Waals surface area contributed by atoms with Crippen LogP contribution < -0.4 is 4.90 Å². The molecule has 1 fully saturated rings. The van der Waals surface area contributed by atoms with E-state index < -0.39 is 11.7 Å². The predicted molar refractivity (Wildman–Crippen MR) is 129 cm³/mol. The molecule has 1 aromatic carbocycles. The number of halogens is 1. The highest BCUT2D eigenvalue weighted by Crippen LogP contribution is 2.28. The number of rotatable bonds is 6. The highest BCUT2D eigenvalue weighted by atomic mass is 35.5. The third-order valence-electron chi connectivity index (χ3n) is 5.67. The van der Waals surface area contributed by atoms with Crippen LogP contribution >= 0.6 is 11.6 Å². The van der Waals surface area contributed by atoms with Crippen LogP contribution in [-0.2, 0) is 4.74 Å². The van der Waals surface area contributed by atoms with Crippen LogP contribution in [0.2, 0.25) is 0 Å². The fraction of sp³-hybridized carbons (Fsp3) is 0.458. The van der Waals surface area contributed by atoms with Crippen LogP contribution in [0.15, 0.2) is 42.7 Å². The van der Waals surface area contributed by atoms with E-state index in [2.05, 4.69) is 10.00 Å². The second-order valence-corrected chi connectivity index (χ2v) is 9.65. The molecule has 1 amide bonds. The summed E-state index contributed by atoms with van der Waals surface area (Å²) in [4.78, 5) is 22.0. The largest absolute Gasteiger partial charge is 0.508 e. The van der Waals surface area contributed by atoms with E-state index in [4.69, 9.17) is 21.3 Å². The molecule has 1 atom stereocenters. The normalized spacial score (nSPS) is 16.9. The molecule has 2 aromatic heterocycles. The molecule has 0 saturated carbocycles. The summed E-state index contributed by atoms with van der Waals surface area (Å²) in [5.74, 6) is 1.21. The third-order valence-corrected chi connectivity index (χ3v) is 5.84. The van der Waals surface area contributed by atoms with Crippen molar-refractivity contribution in [2.45, 2.75) is 45.3 Å². The second-order valence-electron chi connectivity index (χ2n) is 9.27. The summed E-state index contributed by atoms with van der Waals surface area (Å²) in [6.07, 6.45) is 5.11. The molecule has 9 heteroatoms. The molecule has 1 aliphatic rings. The molecule has 1 aliphatic heterocycles. The van der Waals surface area contributed by atoms with Gasteiger partial charge in [-0.25, -0.2) is 14.3 Å². The summed E-state index contributed by atoms with van der Waals surface area (Å²) in [6.45, 7) is 7.77. The van der Waals surface area contributed by atoms with E-state index in [1.807, 2.05) is 26.8 Å². The van der Waals surface area contributed by atoms with Gasteiger partial charge in [-0.3, -0.25) is 9.80 Å². The summed E-state index contributed by atoms with van der Waals surface area (Å²) < 4.78 is 7.39. The zero-order valence-corrected chi connectivity index (χ0v) is 20.0. The summed E-state index contributed by atoms with van der Waals surface area (Å²) in [5, 5.41) is 14.3. The highest BCUT2D eigenvalue weighted by Gasteiger charge is 2.31. The van der Waals surface area contributed by atoms with Gasteiger partial charge in [0, 0.05) is 36.8 Å². The lowest BCUT2D eigenvalue weighted by molar-refractivity contribution is 0.0570. The summed E-state index contributed by atoms with van der Waals surface area (Å²) in [6, 6.07) is 8.91. The molecule has 8 nitrogen and oxygen atoms in total. The molecule has 3 heterocycles. The summed E-state index contributed by atoms with van der Waals surface area (Å²) in [7, 11) is 0. The monoisotopic (exact) mass is 471 g/mol. The Bertz CT molecular complexity index is 1130. The van der Waals surface area contributed by atoms with Gasteiger partial charge in [-0.2, -0.15) is 5.10 Å². The van der Waals surface area contributed by atoms with E-state index in [0.29, 0.717) is 23.9 Å². The van der Waals surface area contributed by atoms with Gasteiger partial charge in [-0.15, -0.1) is 11.6 Å². The van der Waals surface area contributed by atoms with Gasteiger partial charge in [-0.1, -0.05) is 12.1 Å². The van der Waals surface area contributed by atoms with Crippen molar-refractivity contribution in [2.75, 3.05) is 30.4 Å². The number of likely N-dealkylation sites (tertiary alicyclic amines) is 1. The molecule has 1 N–H and O–H groups in total. The van der Waals surface area contributed by atoms with E-state index in [1.54, 1.807) is 46.1 Å². The Morgan fingerprint density at radius 3 is 2.88 bits per heavy atom.